The van der Waals surface area contributed by atoms with E-state index in [1.807, 2.05) is 12.1 Å². The fourth-order valence-electron chi connectivity index (χ4n) is 2.86. The zero-order valence-corrected chi connectivity index (χ0v) is 21.2. The van der Waals surface area contributed by atoms with Gasteiger partial charge >= 0.3 is 95.6 Å². The molecule has 0 amide bonds. The monoisotopic (exact) mass is 472 g/mol. The average Bonchev–Trinajstić information content (AvgIpc) is 3.29. The summed E-state index contributed by atoms with van der Waals surface area (Å²) in [5.74, 6) is 1.11. The first-order valence-electron chi connectivity index (χ1n) is 9.71. The van der Waals surface area contributed by atoms with Gasteiger partial charge in [-0.25, -0.2) is 23.3 Å². The van der Waals surface area contributed by atoms with Crippen LogP contribution in [0, 0.1) is 24.0 Å². The Morgan fingerprint density at radius 1 is 0.667 bits per heavy atom. The molecule has 0 radical (unpaired) electrons. The molecule has 0 heterocycles. The van der Waals surface area contributed by atoms with Crippen molar-refractivity contribution in [2.45, 2.75) is 27.7 Å². The third-order valence-electron chi connectivity index (χ3n) is 4.31. The van der Waals surface area contributed by atoms with Crippen LogP contribution in [0.1, 0.15) is 38.8 Å². The van der Waals surface area contributed by atoms with Gasteiger partial charge in [0, 0.05) is 0 Å². The zero-order chi connectivity index (χ0) is 20.4. The van der Waals surface area contributed by atoms with E-state index in [2.05, 4.69) is 133 Å². The topological polar surface area (TPSA) is 0 Å². The standard InChI is InChI=1S/C13H10.2C7H9.2ClH.Ti/c1-3-7-12(8-4-1)11-13-9-5-2-6-10-13;2*1-6-3-4-7(2)5-6;;;/h1-10H;2*3-4,6H,1-2H3;2*1H;/q;2*-1;;;+2. The molecule has 0 nitrogen and oxygen atoms in total. The normalized spacial score (nSPS) is 17.8. The maximum atomic E-state index is 3.22. The number of rotatable bonds is 2. The quantitative estimate of drug-likeness (QED) is 0.313. The van der Waals surface area contributed by atoms with Crippen LogP contribution in [0.2, 0.25) is 0 Å². The van der Waals surface area contributed by atoms with Gasteiger partial charge in [0.2, 0.25) is 0 Å². The Bertz CT molecular complexity index is 804. The summed E-state index contributed by atoms with van der Waals surface area (Å²) in [5, 5.41) is 0. The first-order valence-corrected chi connectivity index (χ1v) is 10.5. The van der Waals surface area contributed by atoms with Crippen LogP contribution in [-0.4, -0.2) is 3.81 Å². The molecule has 30 heavy (non-hydrogen) atoms. The third-order valence-corrected chi connectivity index (χ3v) is 5.21. The third kappa shape index (κ3) is 10.6. The molecule has 0 spiro atoms. The van der Waals surface area contributed by atoms with Gasteiger partial charge in [0.15, 0.2) is 0 Å². The summed E-state index contributed by atoms with van der Waals surface area (Å²) in [6, 6.07) is 20.9. The van der Waals surface area contributed by atoms with Gasteiger partial charge in [-0.3, -0.25) is 12.2 Å². The summed E-state index contributed by atoms with van der Waals surface area (Å²) < 4.78 is 1.33. The molecule has 0 aromatic heterocycles. The van der Waals surface area contributed by atoms with Crippen LogP contribution in [0.15, 0.2) is 96.1 Å². The molecule has 0 N–H and O–H groups in total. The minimum absolute atomic E-state index is 0. The molecule has 2 atom stereocenters. The van der Waals surface area contributed by atoms with E-state index in [1.165, 1.54) is 26.1 Å². The number of halogens is 2. The van der Waals surface area contributed by atoms with Crippen molar-refractivity contribution >= 4 is 28.6 Å². The molecule has 2 aliphatic rings. The van der Waals surface area contributed by atoms with Gasteiger partial charge in [-0.15, -0.1) is 24.8 Å². The Kier molecular flexibility index (Phi) is 14.6. The Labute approximate surface area is 206 Å². The van der Waals surface area contributed by atoms with Crippen LogP contribution < -0.4 is 0 Å². The van der Waals surface area contributed by atoms with E-state index in [-0.39, 0.29) is 24.8 Å². The second-order valence-corrected chi connectivity index (χ2v) is 7.84. The number of allylic oxidation sites excluding steroid dienone is 8. The van der Waals surface area contributed by atoms with E-state index >= 15 is 0 Å². The van der Waals surface area contributed by atoms with Crippen molar-refractivity contribution in [2.24, 2.45) is 11.8 Å². The van der Waals surface area contributed by atoms with E-state index in [0.717, 1.165) is 0 Å². The van der Waals surface area contributed by atoms with E-state index in [4.69, 9.17) is 0 Å². The van der Waals surface area contributed by atoms with Gasteiger partial charge in [-0.2, -0.15) is 12.2 Å². The molecule has 2 aliphatic carbocycles. The van der Waals surface area contributed by atoms with Gasteiger partial charge in [-0.1, -0.05) is 39.5 Å². The number of benzene rings is 2. The van der Waals surface area contributed by atoms with Crippen LogP contribution in [-0.2, 0) is 20.0 Å². The van der Waals surface area contributed by atoms with E-state index in [0.29, 0.717) is 11.8 Å². The van der Waals surface area contributed by atoms with Gasteiger partial charge in [0.05, 0.1) is 0 Å². The van der Waals surface area contributed by atoms with Crippen molar-refractivity contribution in [3.05, 3.63) is 119 Å². The summed E-state index contributed by atoms with van der Waals surface area (Å²) in [6.45, 7) is 8.40. The Balaban J connectivity index is 0.000000448. The van der Waals surface area contributed by atoms with Crippen LogP contribution >= 0.6 is 24.8 Å². The van der Waals surface area contributed by atoms with Crippen molar-refractivity contribution in [1.29, 1.82) is 0 Å². The second kappa shape index (κ2) is 15.4. The fourth-order valence-corrected chi connectivity index (χ4v) is 3.38. The SMILES string of the molecule is CC1=[C-]C(C)C=C1.CC1=[C-]C(C)C=C1.Cl.Cl.[Ti+2]=[C](c1ccccc1)c1ccccc1. The molecule has 2 aromatic rings. The van der Waals surface area contributed by atoms with Crippen molar-refractivity contribution in [3.63, 3.8) is 0 Å². The van der Waals surface area contributed by atoms with Crippen molar-refractivity contribution in [3.8, 4) is 0 Å². The Morgan fingerprint density at radius 3 is 1.20 bits per heavy atom. The van der Waals surface area contributed by atoms with Gasteiger partial charge in [0.25, 0.3) is 0 Å². The van der Waals surface area contributed by atoms with Crippen LogP contribution in [0.4, 0.5) is 0 Å². The predicted molar refractivity (Wildman–Crippen MR) is 132 cm³/mol. The zero-order valence-electron chi connectivity index (χ0n) is 18.1. The molecule has 0 fully saturated rings. The molecule has 156 valence electrons. The summed E-state index contributed by atoms with van der Waals surface area (Å²) in [5.41, 5.74) is 5.12. The second-order valence-electron chi connectivity index (χ2n) is 7.06. The summed E-state index contributed by atoms with van der Waals surface area (Å²) in [4.78, 5) is 0. The van der Waals surface area contributed by atoms with Crippen molar-refractivity contribution in [2.75, 3.05) is 0 Å². The average molecular weight is 473 g/mol. The van der Waals surface area contributed by atoms with E-state index in [1.54, 1.807) is 0 Å². The van der Waals surface area contributed by atoms with Crippen LogP contribution in [0.5, 0.6) is 0 Å². The van der Waals surface area contributed by atoms with Crippen molar-refractivity contribution < 1.29 is 20.0 Å². The van der Waals surface area contributed by atoms with Crippen LogP contribution in [0.25, 0.3) is 0 Å². The predicted octanol–water partition coefficient (Wildman–Crippen LogP) is 7.53. The van der Waals surface area contributed by atoms with Crippen molar-refractivity contribution in [1.82, 2.24) is 0 Å². The molecular formula is C27H30Cl2Ti. The first kappa shape index (κ1) is 28.6. The minimum atomic E-state index is 0. The first-order chi connectivity index (χ1) is 13.5. The van der Waals surface area contributed by atoms with E-state index < -0.39 is 0 Å². The molecule has 4 rings (SSSR count). The molecule has 2 unspecified atom stereocenters. The van der Waals surface area contributed by atoms with Gasteiger partial charge in [-0.05, 0) is 0 Å². The van der Waals surface area contributed by atoms with Crippen LogP contribution in [0.3, 0.4) is 0 Å². The van der Waals surface area contributed by atoms with E-state index in [9.17, 15) is 0 Å². The fraction of sp³-hybridized carbons (Fsp3) is 0.222. The summed E-state index contributed by atoms with van der Waals surface area (Å²) in [6.07, 6.45) is 14.9. The molecule has 0 saturated carbocycles. The van der Waals surface area contributed by atoms with Gasteiger partial charge in [0.1, 0.15) is 0 Å². The van der Waals surface area contributed by atoms with Gasteiger partial charge < -0.3 is 0 Å². The molecule has 0 saturated heterocycles. The molecule has 0 aliphatic heterocycles. The number of hydrogen-bond acceptors (Lipinski definition) is 0. The summed E-state index contributed by atoms with van der Waals surface area (Å²) >= 11 is 2.16. The molecule has 3 heteroatoms. The maximum absolute atomic E-state index is 3.22. The number of hydrogen-bond donors (Lipinski definition) is 0. The molecule has 0 bridgehead atoms. The Hall–Kier alpha value is -1.44. The summed E-state index contributed by atoms with van der Waals surface area (Å²) in [7, 11) is 0. The molecule has 2 aromatic carbocycles. The Morgan fingerprint density at radius 2 is 1.00 bits per heavy atom. The molecular weight excluding hydrogens is 443 g/mol.